The lowest BCUT2D eigenvalue weighted by Crippen LogP contribution is -2.34. The number of nitrogens with zero attached hydrogens (tertiary/aromatic N) is 3. The summed E-state index contributed by atoms with van der Waals surface area (Å²) in [5.41, 5.74) is 0.578. The van der Waals surface area contributed by atoms with Crippen molar-refractivity contribution < 1.29 is 0 Å². The van der Waals surface area contributed by atoms with Crippen molar-refractivity contribution in [1.82, 2.24) is 4.98 Å². The van der Waals surface area contributed by atoms with Crippen molar-refractivity contribution in [3.05, 3.63) is 22.8 Å². The number of halogens is 1. The van der Waals surface area contributed by atoms with Gasteiger partial charge in [0.25, 0.3) is 0 Å². The fourth-order valence-electron chi connectivity index (χ4n) is 2.57. The zero-order valence-electron chi connectivity index (χ0n) is 10.2. The number of aromatic nitrogens is 1. The number of rotatable bonds is 2. The summed E-state index contributed by atoms with van der Waals surface area (Å²) in [6, 6.07) is 6.55. The molecule has 0 bridgehead atoms. The first kappa shape index (κ1) is 12.2. The normalized spacial score (nSPS) is 23.8. The highest BCUT2D eigenvalue weighted by Gasteiger charge is 2.30. The molecule has 0 N–H and O–H groups in total. The largest absolute Gasteiger partial charge is 0.351 e. The first-order valence-corrected chi connectivity index (χ1v) is 6.39. The van der Waals surface area contributed by atoms with Crippen LogP contribution in [-0.4, -0.2) is 17.1 Å². The molecule has 2 heterocycles. The first-order valence-electron chi connectivity index (χ1n) is 6.01. The molecular formula is C13H16ClN3. The zero-order valence-corrected chi connectivity index (χ0v) is 10.9. The van der Waals surface area contributed by atoms with Crippen molar-refractivity contribution in [3.63, 3.8) is 0 Å². The van der Waals surface area contributed by atoms with Gasteiger partial charge in [0.2, 0.25) is 0 Å². The average molecular weight is 250 g/mol. The van der Waals surface area contributed by atoms with E-state index in [4.69, 9.17) is 16.9 Å². The van der Waals surface area contributed by atoms with E-state index in [2.05, 4.69) is 29.8 Å². The Morgan fingerprint density at radius 1 is 1.53 bits per heavy atom. The van der Waals surface area contributed by atoms with Crippen LogP contribution in [0.25, 0.3) is 0 Å². The third-order valence-corrected chi connectivity index (χ3v) is 3.63. The van der Waals surface area contributed by atoms with E-state index in [0.29, 0.717) is 22.8 Å². The molecule has 0 aliphatic carbocycles. The smallest absolute Gasteiger partial charge is 0.132 e. The Hall–Kier alpha value is -1.27. The highest BCUT2D eigenvalue weighted by Crippen LogP contribution is 2.31. The standard InChI is InChI=1S/C13H16ClN3/c1-3-11-5-4-9(2)17(11)13-7-10(8-15)6-12(14)16-13/h6-7,9,11H,3-5H2,1-2H3. The minimum Gasteiger partial charge on any atom is -0.351 e. The van der Waals surface area contributed by atoms with Crippen molar-refractivity contribution in [2.24, 2.45) is 0 Å². The van der Waals surface area contributed by atoms with Crippen LogP contribution in [0.3, 0.4) is 0 Å². The van der Waals surface area contributed by atoms with Crippen LogP contribution in [0.2, 0.25) is 5.15 Å². The maximum absolute atomic E-state index is 8.96. The molecule has 1 aliphatic heterocycles. The summed E-state index contributed by atoms with van der Waals surface area (Å²) in [7, 11) is 0. The van der Waals surface area contributed by atoms with Crippen molar-refractivity contribution in [1.29, 1.82) is 5.26 Å². The molecule has 4 heteroatoms. The van der Waals surface area contributed by atoms with Gasteiger partial charge in [-0.1, -0.05) is 18.5 Å². The molecule has 1 aromatic rings. The summed E-state index contributed by atoms with van der Waals surface area (Å²) in [6.07, 6.45) is 3.46. The Morgan fingerprint density at radius 3 is 2.94 bits per heavy atom. The molecule has 3 nitrogen and oxygen atoms in total. The second-order valence-corrected chi connectivity index (χ2v) is 4.93. The molecule has 2 rings (SSSR count). The van der Waals surface area contributed by atoms with Gasteiger partial charge >= 0.3 is 0 Å². The second-order valence-electron chi connectivity index (χ2n) is 4.54. The molecule has 1 aliphatic rings. The summed E-state index contributed by atoms with van der Waals surface area (Å²) >= 11 is 5.96. The van der Waals surface area contributed by atoms with Gasteiger partial charge in [0.1, 0.15) is 11.0 Å². The number of pyridine rings is 1. The van der Waals surface area contributed by atoms with Crippen LogP contribution in [0, 0.1) is 11.3 Å². The lowest BCUT2D eigenvalue weighted by Gasteiger charge is -2.29. The van der Waals surface area contributed by atoms with E-state index < -0.39 is 0 Å². The molecule has 1 aromatic heterocycles. The molecule has 2 atom stereocenters. The van der Waals surface area contributed by atoms with Crippen LogP contribution in [0.4, 0.5) is 5.82 Å². The third kappa shape index (κ3) is 2.37. The van der Waals surface area contributed by atoms with Gasteiger partial charge in [0.15, 0.2) is 0 Å². The van der Waals surface area contributed by atoms with Crippen LogP contribution >= 0.6 is 11.6 Å². The fourth-order valence-corrected chi connectivity index (χ4v) is 2.77. The van der Waals surface area contributed by atoms with Gasteiger partial charge in [0.05, 0.1) is 11.6 Å². The van der Waals surface area contributed by atoms with E-state index in [-0.39, 0.29) is 0 Å². The number of hydrogen-bond acceptors (Lipinski definition) is 3. The van der Waals surface area contributed by atoms with Gasteiger partial charge in [-0.05, 0) is 38.3 Å². The zero-order chi connectivity index (χ0) is 12.4. The number of hydrogen-bond donors (Lipinski definition) is 0. The predicted molar refractivity (Wildman–Crippen MR) is 69.2 cm³/mol. The average Bonchev–Trinajstić information content (AvgIpc) is 2.69. The summed E-state index contributed by atoms with van der Waals surface area (Å²) in [6.45, 7) is 4.38. The summed E-state index contributed by atoms with van der Waals surface area (Å²) in [5.74, 6) is 0.839. The molecule has 0 amide bonds. The Labute approximate surface area is 107 Å². The quantitative estimate of drug-likeness (QED) is 0.755. The molecular weight excluding hydrogens is 234 g/mol. The minimum atomic E-state index is 0.396. The molecule has 0 spiro atoms. The molecule has 90 valence electrons. The van der Waals surface area contributed by atoms with Gasteiger partial charge in [-0.2, -0.15) is 5.26 Å². The third-order valence-electron chi connectivity index (χ3n) is 3.43. The van der Waals surface area contributed by atoms with Gasteiger partial charge in [-0.3, -0.25) is 0 Å². The number of nitriles is 1. The fraction of sp³-hybridized carbons (Fsp3) is 0.538. The van der Waals surface area contributed by atoms with E-state index in [1.807, 2.05) is 6.07 Å². The molecule has 0 aromatic carbocycles. The van der Waals surface area contributed by atoms with Crippen molar-refractivity contribution >= 4 is 17.4 Å². The van der Waals surface area contributed by atoms with Crippen molar-refractivity contribution in [2.75, 3.05) is 4.90 Å². The first-order chi connectivity index (χ1) is 8.15. The van der Waals surface area contributed by atoms with Crippen LogP contribution in [0.1, 0.15) is 38.7 Å². The van der Waals surface area contributed by atoms with Crippen LogP contribution in [0.15, 0.2) is 12.1 Å². The molecule has 1 fully saturated rings. The Morgan fingerprint density at radius 2 is 2.29 bits per heavy atom. The maximum atomic E-state index is 8.96. The Bertz CT molecular complexity index is 452. The number of anilines is 1. The molecule has 2 unspecified atom stereocenters. The summed E-state index contributed by atoms with van der Waals surface area (Å²) < 4.78 is 0. The van der Waals surface area contributed by atoms with Gasteiger partial charge < -0.3 is 4.90 Å². The van der Waals surface area contributed by atoms with E-state index in [1.165, 1.54) is 12.8 Å². The molecule has 0 saturated carbocycles. The molecule has 0 radical (unpaired) electrons. The molecule has 1 saturated heterocycles. The lowest BCUT2D eigenvalue weighted by atomic mass is 10.1. The van der Waals surface area contributed by atoms with Gasteiger partial charge in [0, 0.05) is 12.1 Å². The van der Waals surface area contributed by atoms with Crippen molar-refractivity contribution in [2.45, 2.75) is 45.2 Å². The Kier molecular flexibility index (Phi) is 3.54. The van der Waals surface area contributed by atoms with E-state index in [9.17, 15) is 0 Å². The van der Waals surface area contributed by atoms with Crippen molar-refractivity contribution in [3.8, 4) is 6.07 Å². The van der Waals surface area contributed by atoms with Gasteiger partial charge in [-0.15, -0.1) is 0 Å². The van der Waals surface area contributed by atoms with E-state index >= 15 is 0 Å². The van der Waals surface area contributed by atoms with E-state index in [0.717, 1.165) is 12.2 Å². The summed E-state index contributed by atoms with van der Waals surface area (Å²) in [5, 5.41) is 9.36. The second kappa shape index (κ2) is 4.93. The maximum Gasteiger partial charge on any atom is 0.132 e. The highest BCUT2D eigenvalue weighted by molar-refractivity contribution is 6.29. The highest BCUT2D eigenvalue weighted by atomic mass is 35.5. The SMILES string of the molecule is CCC1CCC(C)N1c1cc(C#N)cc(Cl)n1. The minimum absolute atomic E-state index is 0.396. The Balaban J connectivity index is 2.38. The topological polar surface area (TPSA) is 39.9 Å². The van der Waals surface area contributed by atoms with Crippen LogP contribution < -0.4 is 4.90 Å². The van der Waals surface area contributed by atoms with E-state index in [1.54, 1.807) is 6.07 Å². The van der Waals surface area contributed by atoms with Crippen LogP contribution in [-0.2, 0) is 0 Å². The van der Waals surface area contributed by atoms with Crippen LogP contribution in [0.5, 0.6) is 0 Å². The predicted octanol–water partition coefficient (Wildman–Crippen LogP) is 3.37. The molecule has 17 heavy (non-hydrogen) atoms. The lowest BCUT2D eigenvalue weighted by molar-refractivity contribution is 0.621. The monoisotopic (exact) mass is 249 g/mol. The van der Waals surface area contributed by atoms with Gasteiger partial charge in [-0.25, -0.2) is 4.98 Å². The summed E-state index contributed by atoms with van der Waals surface area (Å²) in [4.78, 5) is 6.65.